The number of nitrogens with zero attached hydrogens (tertiary/aromatic N) is 6. The zero-order valence-electron chi connectivity index (χ0n) is 44.4. The van der Waals surface area contributed by atoms with Crippen LogP contribution in [0.2, 0.25) is 0 Å². The molecule has 1 atom stereocenters. The number of aromatic nitrogens is 5. The smallest absolute Gasteiger partial charge is 0.317 e. The van der Waals surface area contributed by atoms with E-state index in [4.69, 9.17) is 15.0 Å². The first-order valence-electron chi connectivity index (χ1n) is 26.0. The molecule has 1 unspecified atom stereocenters. The number of aromatic amines is 2. The van der Waals surface area contributed by atoms with Crippen LogP contribution < -0.4 is 10.6 Å². The molecule has 2 amide bonds. The lowest BCUT2D eigenvalue weighted by Crippen LogP contribution is -2.47. The number of aryl methyl sites for hydroxylation is 2. The van der Waals surface area contributed by atoms with E-state index in [2.05, 4.69) is 41.4 Å². The molecular weight excluding hydrogens is 965 g/mol. The number of Topliss-reactive ketones (excluding diaryl/α,β-unsaturated/α-hetero) is 1. The molecule has 21 heteroatoms. The number of carboxylic acids is 4. The third kappa shape index (κ3) is 16.0. The minimum Gasteiger partial charge on any atom is -0.481 e. The van der Waals surface area contributed by atoms with Crippen LogP contribution in [0.15, 0.2) is 24.3 Å². The molecule has 0 aromatic carbocycles. The summed E-state index contributed by atoms with van der Waals surface area (Å²) >= 11 is 0. The Morgan fingerprint density at radius 1 is 0.600 bits per heavy atom. The molecule has 75 heavy (non-hydrogen) atoms. The number of hydrogen-bond acceptors (Lipinski definition) is 13. The molecule has 21 nitrogen and oxygen atoms in total. The van der Waals surface area contributed by atoms with Gasteiger partial charge in [-0.15, -0.1) is 0 Å². The van der Waals surface area contributed by atoms with Crippen molar-refractivity contribution in [1.29, 1.82) is 0 Å². The molecule has 0 aliphatic carbocycles. The highest BCUT2D eigenvalue weighted by molar-refractivity contribution is 5.97. The van der Waals surface area contributed by atoms with Crippen LogP contribution in [0, 0.1) is 0 Å². The number of hydrogen-bond donors (Lipinski definition) is 8. The average molecular weight is 1040 g/mol. The quantitative estimate of drug-likeness (QED) is 0.0363. The van der Waals surface area contributed by atoms with Crippen molar-refractivity contribution in [2.75, 3.05) is 72.0 Å². The van der Waals surface area contributed by atoms with Gasteiger partial charge in [-0.05, 0) is 104 Å². The molecule has 0 spiro atoms. The number of fused-ring (bicyclic) bond motifs is 8. The summed E-state index contributed by atoms with van der Waals surface area (Å²) in [6.07, 6.45) is 4.36. The molecule has 2 aliphatic rings. The van der Waals surface area contributed by atoms with Crippen LogP contribution in [-0.4, -0.2) is 174 Å². The van der Waals surface area contributed by atoms with Crippen molar-refractivity contribution in [3.05, 3.63) is 63.9 Å². The summed E-state index contributed by atoms with van der Waals surface area (Å²) in [5.41, 5.74) is 11.3. The number of ketones is 1. The minimum atomic E-state index is -1.20. The fraction of sp³-hybridized carbons (Fsp3) is 0.519. The lowest BCUT2D eigenvalue weighted by molar-refractivity contribution is -0.141. The molecule has 0 radical (unpaired) electrons. The van der Waals surface area contributed by atoms with Crippen LogP contribution in [0.4, 0.5) is 0 Å². The van der Waals surface area contributed by atoms with Gasteiger partial charge in [0.05, 0.1) is 55.7 Å². The Labute approximate surface area is 436 Å². The number of nitrogens with one attached hydrogen (secondary N) is 4. The van der Waals surface area contributed by atoms with Crippen LogP contribution >= 0.6 is 0 Å². The lowest BCUT2D eigenvalue weighted by Gasteiger charge is -2.28. The van der Waals surface area contributed by atoms with Gasteiger partial charge in [0.1, 0.15) is 11.4 Å². The van der Waals surface area contributed by atoms with E-state index < -0.39 is 55.3 Å². The summed E-state index contributed by atoms with van der Waals surface area (Å²) in [5, 5.41) is 44.6. The average Bonchev–Trinajstić information content (AvgIpc) is 4.11. The topological polar surface area (TPSA) is 304 Å². The molecule has 5 rings (SSSR count). The van der Waals surface area contributed by atoms with Gasteiger partial charge < -0.3 is 41.0 Å². The maximum absolute atomic E-state index is 13.4. The largest absolute Gasteiger partial charge is 0.481 e. The number of carbonyl (C=O) groups excluding carboxylic acids is 3. The van der Waals surface area contributed by atoms with Crippen molar-refractivity contribution in [3.63, 3.8) is 0 Å². The van der Waals surface area contributed by atoms with Crippen molar-refractivity contribution < 1.29 is 54.0 Å². The fourth-order valence-corrected chi connectivity index (χ4v) is 9.84. The monoisotopic (exact) mass is 1040 g/mol. The number of carboxylic acid groups (broad SMARTS) is 4. The molecule has 2 aliphatic heterocycles. The van der Waals surface area contributed by atoms with E-state index >= 15 is 0 Å². The van der Waals surface area contributed by atoms with Crippen molar-refractivity contribution in [1.82, 2.24) is 50.3 Å². The second kappa shape index (κ2) is 28.0. The maximum Gasteiger partial charge on any atom is 0.317 e. The van der Waals surface area contributed by atoms with Gasteiger partial charge in [-0.25, -0.2) is 15.0 Å². The fourth-order valence-electron chi connectivity index (χ4n) is 9.84. The first-order chi connectivity index (χ1) is 35.8. The second-order valence-electron chi connectivity index (χ2n) is 18.8. The summed E-state index contributed by atoms with van der Waals surface area (Å²) in [4.78, 5) is 113. The summed E-state index contributed by atoms with van der Waals surface area (Å²) in [7, 11) is 0. The number of H-pyrrole nitrogens is 2. The van der Waals surface area contributed by atoms with E-state index in [1.807, 2.05) is 52.0 Å². The summed E-state index contributed by atoms with van der Waals surface area (Å²) < 4.78 is 0. The Kier molecular flexibility index (Phi) is 21.9. The van der Waals surface area contributed by atoms with Crippen molar-refractivity contribution in [2.24, 2.45) is 0 Å². The number of carbonyl (C=O) groups is 7. The van der Waals surface area contributed by atoms with Gasteiger partial charge in [-0.2, -0.15) is 0 Å². The summed E-state index contributed by atoms with van der Waals surface area (Å²) in [5.74, 6) is -5.68. The van der Waals surface area contributed by atoms with Crippen molar-refractivity contribution >= 4 is 86.0 Å². The Balaban J connectivity index is 1.32. The van der Waals surface area contributed by atoms with Gasteiger partial charge in [0, 0.05) is 79.8 Å². The molecule has 8 N–H and O–H groups in total. The van der Waals surface area contributed by atoms with E-state index in [0.717, 1.165) is 45.4 Å². The number of rotatable bonds is 31. The summed E-state index contributed by atoms with van der Waals surface area (Å²) in [6.45, 7) is 12.5. The van der Waals surface area contributed by atoms with E-state index in [1.54, 1.807) is 0 Å². The summed E-state index contributed by atoms with van der Waals surface area (Å²) in [6, 6.07) is 7.69. The van der Waals surface area contributed by atoms with E-state index in [-0.39, 0.29) is 76.9 Å². The first-order valence-corrected chi connectivity index (χ1v) is 26.0. The van der Waals surface area contributed by atoms with Crippen LogP contribution in [0.1, 0.15) is 139 Å². The van der Waals surface area contributed by atoms with E-state index in [1.165, 1.54) is 14.7 Å². The third-order valence-corrected chi connectivity index (χ3v) is 13.5. The zero-order chi connectivity index (χ0) is 54.9. The lowest BCUT2D eigenvalue weighted by atomic mass is 9.90. The van der Waals surface area contributed by atoms with Crippen LogP contribution in [0.3, 0.4) is 0 Å². The molecule has 3 aromatic heterocycles. The van der Waals surface area contributed by atoms with Crippen LogP contribution in [-0.2, 0) is 46.4 Å². The molecule has 0 saturated heterocycles. The maximum atomic E-state index is 13.4. The molecule has 0 saturated carbocycles. The predicted octanol–water partition coefficient (Wildman–Crippen LogP) is 5.62. The molecule has 3 aromatic rings. The standard InChI is InChI=1S/C54H74N10O11/c1-8-14-34(65)27-63(30-48(70)71)23-21-62(29-47(68)69)22-24-64(31-49(72)73)28-46(67)56-20-19-55-45(66)18-16-40-32(7)42-26-44-35(9-2)37(11-4)52(59-44)61-53-38(12-5)36(10-3)51(60-53)50(39(13-6)54(74)75)41-17-15-33(57-41)25-43(40)58-42/h15,17,25-26,39,57H,8-14,16,18-24,27-31H2,1-7H3,(H,55,66)(H,56,67)(H,68,69)(H,70,71)(H,72,73)(H,74,75)(H,59,60,61). The Morgan fingerprint density at radius 2 is 1.20 bits per heavy atom. The highest BCUT2D eigenvalue weighted by Crippen LogP contribution is 2.40. The van der Waals surface area contributed by atoms with Crippen LogP contribution in [0.25, 0.3) is 44.5 Å². The Bertz CT molecular complexity index is 2850. The van der Waals surface area contributed by atoms with Crippen molar-refractivity contribution in [2.45, 2.75) is 112 Å². The molecule has 0 fully saturated rings. The minimum absolute atomic E-state index is 0.00515. The van der Waals surface area contributed by atoms with Gasteiger partial charge in [-0.1, -0.05) is 41.5 Å². The molecule has 5 heterocycles. The zero-order valence-corrected chi connectivity index (χ0v) is 44.4. The van der Waals surface area contributed by atoms with Crippen LogP contribution in [0.5, 0.6) is 0 Å². The normalized spacial score (nSPS) is 13.0. The molecule has 8 bridgehead atoms. The Hall–Kier alpha value is -7.10. The SMILES string of the molecule is CCCC(=O)CN(CCN(CCN(CC(=O)O)CC(=O)NCCNC(=O)CCC1=C(C)c2cc3[nH]c(nc4nc(c(C(CC)C(=O)O)c5ccc(cc1n2)[nH]5)C(CC)=C4CC)c(CC)c3CC)CC(=O)O)CC(=O)O. The van der Waals surface area contributed by atoms with Gasteiger partial charge in [0.2, 0.25) is 11.8 Å². The number of aliphatic carboxylic acids is 4. The van der Waals surface area contributed by atoms with Gasteiger partial charge in [0.25, 0.3) is 0 Å². The highest BCUT2D eigenvalue weighted by atomic mass is 16.4. The number of allylic oxidation sites excluding steroid dienone is 4. The van der Waals surface area contributed by atoms with Gasteiger partial charge in [-0.3, -0.25) is 48.3 Å². The molecule has 406 valence electrons. The Morgan fingerprint density at radius 3 is 1.77 bits per heavy atom. The van der Waals surface area contributed by atoms with E-state index in [0.29, 0.717) is 83.7 Å². The van der Waals surface area contributed by atoms with E-state index in [9.17, 15) is 54.0 Å². The first kappa shape index (κ1) is 58.8. The van der Waals surface area contributed by atoms with Gasteiger partial charge in [0.15, 0.2) is 5.82 Å². The number of amides is 2. The molecular formula is C54H74N10O11. The second-order valence-corrected chi connectivity index (χ2v) is 18.8. The van der Waals surface area contributed by atoms with Gasteiger partial charge >= 0.3 is 23.9 Å². The highest BCUT2D eigenvalue weighted by Gasteiger charge is 2.30. The van der Waals surface area contributed by atoms with Crippen molar-refractivity contribution in [3.8, 4) is 0 Å². The third-order valence-electron chi connectivity index (χ3n) is 13.5. The predicted molar refractivity (Wildman–Crippen MR) is 285 cm³/mol.